The molecule has 0 aliphatic rings. The number of carbonyl (C=O) groups is 1. The van der Waals surface area contributed by atoms with Gasteiger partial charge in [-0.25, -0.2) is 0 Å². The molecule has 0 radical (unpaired) electrons. The van der Waals surface area contributed by atoms with Crippen molar-refractivity contribution in [2.45, 2.75) is 13.8 Å². The molecular weight excluding hydrogens is 267 g/mol. The highest BCUT2D eigenvalue weighted by Gasteiger charge is 2.07. The molecule has 2 aromatic rings. The highest BCUT2D eigenvalue weighted by Crippen LogP contribution is 2.30. The monoisotopic (exact) mass is 278 g/mol. The van der Waals surface area contributed by atoms with Crippen molar-refractivity contribution in [1.29, 1.82) is 0 Å². The molecule has 0 N–H and O–H groups in total. The van der Waals surface area contributed by atoms with E-state index in [4.69, 9.17) is 23.2 Å². The van der Waals surface area contributed by atoms with Crippen LogP contribution in [0.25, 0.3) is 11.1 Å². The van der Waals surface area contributed by atoms with Crippen LogP contribution in [-0.2, 0) is 0 Å². The van der Waals surface area contributed by atoms with Gasteiger partial charge in [0.2, 0.25) is 0 Å². The van der Waals surface area contributed by atoms with Crippen LogP contribution < -0.4 is 0 Å². The first-order valence-electron chi connectivity index (χ1n) is 5.55. The molecule has 0 aromatic heterocycles. The van der Waals surface area contributed by atoms with Crippen LogP contribution in [0.4, 0.5) is 0 Å². The minimum Gasteiger partial charge on any atom is -0.295 e. The van der Waals surface area contributed by atoms with Gasteiger partial charge in [0.1, 0.15) is 0 Å². The van der Waals surface area contributed by atoms with Gasteiger partial charge in [0.05, 0.1) is 0 Å². The zero-order valence-electron chi connectivity index (χ0n) is 10.1. The molecule has 0 amide bonds. The van der Waals surface area contributed by atoms with Gasteiger partial charge in [0, 0.05) is 15.6 Å². The molecule has 0 spiro atoms. The first-order chi connectivity index (χ1) is 8.47. The second kappa shape index (κ2) is 5.13. The summed E-state index contributed by atoms with van der Waals surface area (Å²) in [4.78, 5) is 11.4. The fourth-order valence-electron chi connectivity index (χ4n) is 1.86. The van der Waals surface area contributed by atoms with Crippen LogP contribution >= 0.6 is 23.2 Å². The maximum Gasteiger partial charge on any atom is 0.159 e. The van der Waals surface area contributed by atoms with Crippen LogP contribution in [-0.4, -0.2) is 5.78 Å². The molecule has 3 heteroatoms. The van der Waals surface area contributed by atoms with E-state index in [2.05, 4.69) is 0 Å². The van der Waals surface area contributed by atoms with Crippen molar-refractivity contribution in [3.63, 3.8) is 0 Å². The van der Waals surface area contributed by atoms with Crippen molar-refractivity contribution in [1.82, 2.24) is 0 Å². The van der Waals surface area contributed by atoms with Crippen molar-refractivity contribution < 1.29 is 4.79 Å². The SMILES string of the molecule is CC(=O)c1ccc(C)c(-c2cc(Cl)cc(Cl)c2)c1. The zero-order valence-corrected chi connectivity index (χ0v) is 11.6. The molecule has 0 atom stereocenters. The maximum absolute atomic E-state index is 11.4. The molecule has 0 fully saturated rings. The molecular formula is C15H12Cl2O. The van der Waals surface area contributed by atoms with E-state index in [1.807, 2.05) is 37.3 Å². The number of rotatable bonds is 2. The number of ketones is 1. The normalized spacial score (nSPS) is 10.4. The van der Waals surface area contributed by atoms with Gasteiger partial charge in [-0.2, -0.15) is 0 Å². The fourth-order valence-corrected chi connectivity index (χ4v) is 2.39. The maximum atomic E-state index is 11.4. The number of benzene rings is 2. The summed E-state index contributed by atoms with van der Waals surface area (Å²) in [5.41, 5.74) is 3.67. The molecule has 0 unspecified atom stereocenters. The van der Waals surface area contributed by atoms with Crippen LogP contribution in [0.2, 0.25) is 10.0 Å². The van der Waals surface area contributed by atoms with E-state index >= 15 is 0 Å². The third-order valence-corrected chi connectivity index (χ3v) is 3.25. The van der Waals surface area contributed by atoms with Gasteiger partial charge >= 0.3 is 0 Å². The minimum absolute atomic E-state index is 0.0457. The van der Waals surface area contributed by atoms with E-state index in [0.717, 1.165) is 16.7 Å². The van der Waals surface area contributed by atoms with Crippen LogP contribution in [0.3, 0.4) is 0 Å². The average Bonchev–Trinajstić information content (AvgIpc) is 2.27. The third kappa shape index (κ3) is 2.74. The van der Waals surface area contributed by atoms with E-state index in [1.165, 1.54) is 0 Å². The quantitative estimate of drug-likeness (QED) is 0.693. The molecule has 0 saturated heterocycles. The first kappa shape index (κ1) is 13.1. The Morgan fingerprint density at radius 2 is 1.61 bits per heavy atom. The molecule has 1 nitrogen and oxygen atoms in total. The summed E-state index contributed by atoms with van der Waals surface area (Å²) < 4.78 is 0. The van der Waals surface area contributed by atoms with Gasteiger partial charge in [-0.1, -0.05) is 35.3 Å². The van der Waals surface area contributed by atoms with Crippen LogP contribution in [0, 0.1) is 6.92 Å². The standard InChI is InChI=1S/C15H12Cl2O/c1-9-3-4-11(10(2)18)7-15(9)12-5-13(16)8-14(17)6-12/h3-8H,1-2H3. The molecule has 2 rings (SSSR count). The number of aryl methyl sites for hydroxylation is 1. The van der Waals surface area contributed by atoms with Crippen molar-refractivity contribution in [2.75, 3.05) is 0 Å². The Balaban J connectivity index is 2.62. The van der Waals surface area contributed by atoms with Gasteiger partial charge in [-0.3, -0.25) is 4.79 Å². The van der Waals surface area contributed by atoms with Gasteiger partial charge in [-0.15, -0.1) is 0 Å². The van der Waals surface area contributed by atoms with Crippen molar-refractivity contribution >= 4 is 29.0 Å². The molecule has 0 aliphatic heterocycles. The summed E-state index contributed by atoms with van der Waals surface area (Å²) in [5.74, 6) is 0.0457. The van der Waals surface area contributed by atoms with Gasteiger partial charge in [0.15, 0.2) is 5.78 Å². The highest BCUT2D eigenvalue weighted by atomic mass is 35.5. The highest BCUT2D eigenvalue weighted by molar-refractivity contribution is 6.35. The topological polar surface area (TPSA) is 17.1 Å². The summed E-state index contributed by atoms with van der Waals surface area (Å²) >= 11 is 12.0. The summed E-state index contributed by atoms with van der Waals surface area (Å²) in [7, 11) is 0. The Bertz CT molecular complexity index is 598. The third-order valence-electron chi connectivity index (χ3n) is 2.82. The summed E-state index contributed by atoms with van der Waals surface area (Å²) in [5, 5.41) is 1.18. The number of hydrogen-bond donors (Lipinski definition) is 0. The van der Waals surface area contributed by atoms with E-state index in [9.17, 15) is 4.79 Å². The summed E-state index contributed by atoms with van der Waals surface area (Å²) in [6, 6.07) is 11.0. The summed E-state index contributed by atoms with van der Waals surface area (Å²) in [6.45, 7) is 3.55. The lowest BCUT2D eigenvalue weighted by Gasteiger charge is -2.09. The Labute approximate surface area is 116 Å². The Morgan fingerprint density at radius 1 is 1.00 bits per heavy atom. The van der Waals surface area contributed by atoms with Crippen molar-refractivity contribution in [3.8, 4) is 11.1 Å². The van der Waals surface area contributed by atoms with Gasteiger partial charge < -0.3 is 0 Å². The van der Waals surface area contributed by atoms with E-state index in [0.29, 0.717) is 15.6 Å². The predicted octanol–water partition coefficient (Wildman–Crippen LogP) is 5.17. The second-order valence-electron chi connectivity index (χ2n) is 4.24. The fraction of sp³-hybridized carbons (Fsp3) is 0.133. The van der Waals surface area contributed by atoms with Crippen LogP contribution in [0.5, 0.6) is 0 Å². The molecule has 92 valence electrons. The van der Waals surface area contributed by atoms with Gasteiger partial charge in [0.25, 0.3) is 0 Å². The zero-order chi connectivity index (χ0) is 13.3. The molecule has 0 saturated carbocycles. The molecule has 0 aliphatic carbocycles. The second-order valence-corrected chi connectivity index (χ2v) is 5.12. The Morgan fingerprint density at radius 3 is 2.17 bits per heavy atom. The van der Waals surface area contributed by atoms with Crippen molar-refractivity contribution in [3.05, 3.63) is 57.6 Å². The largest absolute Gasteiger partial charge is 0.295 e. The molecule has 0 bridgehead atoms. The molecule has 18 heavy (non-hydrogen) atoms. The lowest BCUT2D eigenvalue weighted by atomic mass is 9.97. The van der Waals surface area contributed by atoms with Gasteiger partial charge in [-0.05, 0) is 54.8 Å². The molecule has 2 aromatic carbocycles. The van der Waals surface area contributed by atoms with Crippen molar-refractivity contribution in [2.24, 2.45) is 0 Å². The van der Waals surface area contributed by atoms with Crippen LogP contribution in [0.15, 0.2) is 36.4 Å². The van der Waals surface area contributed by atoms with E-state index < -0.39 is 0 Å². The first-order valence-corrected chi connectivity index (χ1v) is 6.31. The number of carbonyl (C=O) groups excluding carboxylic acids is 1. The number of hydrogen-bond acceptors (Lipinski definition) is 1. The van der Waals surface area contributed by atoms with Crippen LogP contribution in [0.1, 0.15) is 22.8 Å². The number of Topliss-reactive ketones (excluding diaryl/α,β-unsaturated/α-hetero) is 1. The Kier molecular flexibility index (Phi) is 3.74. The number of halogens is 2. The van der Waals surface area contributed by atoms with E-state index in [1.54, 1.807) is 13.0 Å². The average molecular weight is 279 g/mol. The van der Waals surface area contributed by atoms with E-state index in [-0.39, 0.29) is 5.78 Å². The predicted molar refractivity (Wildman–Crippen MR) is 76.6 cm³/mol. The lowest BCUT2D eigenvalue weighted by Crippen LogP contribution is -1.94. The lowest BCUT2D eigenvalue weighted by molar-refractivity contribution is 0.101. The Hall–Kier alpha value is -1.31. The minimum atomic E-state index is 0.0457. The molecule has 0 heterocycles. The summed E-state index contributed by atoms with van der Waals surface area (Å²) in [6.07, 6.45) is 0. The smallest absolute Gasteiger partial charge is 0.159 e.